The molecule has 204 valence electrons. The minimum absolute atomic E-state index is 0.178. The highest BCUT2D eigenvalue weighted by molar-refractivity contribution is 5.66. The molecule has 0 saturated heterocycles. The second-order valence-corrected chi connectivity index (χ2v) is 6.71. The van der Waals surface area contributed by atoms with Crippen LogP contribution in [-0.4, -0.2) is 48.8 Å². The Kier molecular flexibility index (Phi) is 58.3. The molecule has 1 unspecified atom stereocenters. The minimum atomic E-state index is -0.833. The largest absolute Gasteiger partial charge is 0.481 e. The van der Waals surface area contributed by atoms with Crippen LogP contribution in [0.3, 0.4) is 0 Å². The Balaban J connectivity index is -0.0000000734. The summed E-state index contributed by atoms with van der Waals surface area (Å²) in [4.78, 5) is 39.3. The van der Waals surface area contributed by atoms with E-state index in [1.165, 1.54) is 20.8 Å². The summed E-state index contributed by atoms with van der Waals surface area (Å²) in [5.41, 5.74) is 0. The summed E-state index contributed by atoms with van der Waals surface area (Å²) in [6.45, 7) is 25.7. The van der Waals surface area contributed by atoms with Crippen LogP contribution in [0.15, 0.2) is 25.3 Å². The maximum atomic E-state index is 10.3. The van der Waals surface area contributed by atoms with Gasteiger partial charge < -0.3 is 19.3 Å². The van der Waals surface area contributed by atoms with Gasteiger partial charge in [-0.25, -0.2) is 0 Å². The highest BCUT2D eigenvalue weighted by atomic mass is 16.5. The molecule has 0 aliphatic rings. The lowest BCUT2D eigenvalue weighted by Gasteiger charge is -2.08. The summed E-state index contributed by atoms with van der Waals surface area (Å²) in [5, 5.41) is 7.42. The first-order valence-electron chi connectivity index (χ1n) is 11.5. The van der Waals surface area contributed by atoms with Crippen molar-refractivity contribution in [2.24, 2.45) is 5.92 Å². The van der Waals surface area contributed by atoms with Gasteiger partial charge in [0, 0.05) is 27.7 Å². The lowest BCUT2D eigenvalue weighted by atomic mass is 10.1. The first-order valence-corrected chi connectivity index (χ1v) is 11.5. The Labute approximate surface area is 208 Å². The van der Waals surface area contributed by atoms with E-state index in [-0.39, 0.29) is 17.9 Å². The quantitative estimate of drug-likeness (QED) is 0.236. The molecule has 8 heteroatoms. The van der Waals surface area contributed by atoms with E-state index < -0.39 is 5.97 Å². The number of carboxylic acid groups (broad SMARTS) is 1. The second-order valence-electron chi connectivity index (χ2n) is 6.71. The Morgan fingerprint density at radius 1 is 0.735 bits per heavy atom. The van der Waals surface area contributed by atoms with Gasteiger partial charge in [-0.2, -0.15) is 0 Å². The van der Waals surface area contributed by atoms with Crippen LogP contribution in [0.25, 0.3) is 0 Å². The molecule has 8 nitrogen and oxygen atoms in total. The molecular formula is C26H52O8. The van der Waals surface area contributed by atoms with Crippen molar-refractivity contribution in [1.82, 2.24) is 0 Å². The van der Waals surface area contributed by atoms with Crippen LogP contribution >= 0.6 is 0 Å². The predicted molar refractivity (Wildman–Crippen MR) is 140 cm³/mol. The number of ether oxygens (including phenoxy) is 3. The van der Waals surface area contributed by atoms with Crippen molar-refractivity contribution in [2.75, 3.05) is 19.8 Å². The monoisotopic (exact) mass is 492 g/mol. The van der Waals surface area contributed by atoms with Gasteiger partial charge in [0.2, 0.25) is 0 Å². The Hall–Kier alpha value is -2.64. The summed E-state index contributed by atoms with van der Waals surface area (Å²) in [6, 6.07) is 0. The smallest absolute Gasteiger partial charge is 0.302 e. The Morgan fingerprint density at radius 3 is 1.15 bits per heavy atom. The first-order chi connectivity index (χ1) is 15.8. The van der Waals surface area contributed by atoms with E-state index in [4.69, 9.17) is 14.6 Å². The van der Waals surface area contributed by atoms with Gasteiger partial charge in [0.05, 0.1) is 19.8 Å². The molecular weight excluding hydrogens is 440 g/mol. The standard InChI is InChI=1S/C8H16O2.2C5H10O2.2C3H6.C2H4O2/c1-4-5-7(2)6-10-8(3)9;2*1-3-4-7-5(2)6;2*1-3-2;1-2(3)4/h7H,4-6H2,1-3H3;2*3-4H2,1-2H3;2*3H,1H2,2H3;1H3,(H,3,4). The van der Waals surface area contributed by atoms with Crippen LogP contribution in [0.2, 0.25) is 0 Å². The van der Waals surface area contributed by atoms with Gasteiger partial charge in [-0.1, -0.05) is 46.3 Å². The summed E-state index contributed by atoms with van der Waals surface area (Å²) >= 11 is 0. The SMILES string of the molecule is C=CC.C=CC.CC(=O)O.CCCC(C)COC(C)=O.CCCOC(C)=O.CCCOC(C)=O. The molecule has 0 aliphatic carbocycles. The number of carbonyl (C=O) groups is 4. The lowest BCUT2D eigenvalue weighted by Crippen LogP contribution is -2.08. The maximum absolute atomic E-state index is 10.3. The van der Waals surface area contributed by atoms with Crippen molar-refractivity contribution >= 4 is 23.9 Å². The van der Waals surface area contributed by atoms with E-state index >= 15 is 0 Å². The van der Waals surface area contributed by atoms with Crippen LogP contribution in [0, 0.1) is 5.92 Å². The number of allylic oxidation sites excluding steroid dienone is 2. The van der Waals surface area contributed by atoms with Gasteiger partial charge in [0.1, 0.15) is 0 Å². The van der Waals surface area contributed by atoms with Crippen LogP contribution in [0.4, 0.5) is 0 Å². The number of carboxylic acids is 1. The third kappa shape index (κ3) is 132. The van der Waals surface area contributed by atoms with Crippen LogP contribution in [0.5, 0.6) is 0 Å². The summed E-state index contributed by atoms with van der Waals surface area (Å²) in [6.07, 6.45) is 7.59. The molecule has 0 heterocycles. The molecule has 0 aromatic rings. The normalized spacial score (nSPS) is 8.65. The van der Waals surface area contributed by atoms with E-state index in [9.17, 15) is 14.4 Å². The highest BCUT2D eigenvalue weighted by Crippen LogP contribution is 2.04. The fourth-order valence-corrected chi connectivity index (χ4v) is 1.33. The molecule has 0 amide bonds. The first kappa shape index (κ1) is 44.9. The Bertz CT molecular complexity index is 445. The fraction of sp³-hybridized carbons (Fsp3) is 0.692. The van der Waals surface area contributed by atoms with Crippen LogP contribution < -0.4 is 0 Å². The van der Waals surface area contributed by atoms with E-state index in [2.05, 4.69) is 36.5 Å². The van der Waals surface area contributed by atoms with Crippen LogP contribution in [0.1, 0.15) is 94.9 Å². The Morgan fingerprint density at radius 2 is 1.00 bits per heavy atom. The number of hydrogen-bond acceptors (Lipinski definition) is 7. The van der Waals surface area contributed by atoms with Crippen molar-refractivity contribution < 1.29 is 38.5 Å². The number of rotatable bonds is 8. The number of carbonyl (C=O) groups excluding carboxylic acids is 3. The van der Waals surface area contributed by atoms with E-state index in [1.807, 2.05) is 27.7 Å². The number of aliphatic carboxylic acids is 1. The molecule has 34 heavy (non-hydrogen) atoms. The van der Waals surface area contributed by atoms with Gasteiger partial charge in [0.25, 0.3) is 5.97 Å². The fourth-order valence-electron chi connectivity index (χ4n) is 1.33. The average Bonchev–Trinajstić information content (AvgIpc) is 2.71. The molecule has 0 fully saturated rings. The molecule has 1 atom stereocenters. The third-order valence-electron chi connectivity index (χ3n) is 2.37. The molecule has 0 rings (SSSR count). The maximum Gasteiger partial charge on any atom is 0.302 e. The molecule has 0 aromatic carbocycles. The topological polar surface area (TPSA) is 116 Å². The van der Waals surface area contributed by atoms with E-state index in [1.54, 1.807) is 12.2 Å². The van der Waals surface area contributed by atoms with Crippen molar-refractivity contribution in [2.45, 2.75) is 94.9 Å². The molecule has 0 aromatic heterocycles. The van der Waals surface area contributed by atoms with Gasteiger partial charge in [-0.3, -0.25) is 19.2 Å². The predicted octanol–water partition coefficient (Wildman–Crippen LogP) is 6.38. The van der Waals surface area contributed by atoms with Gasteiger partial charge >= 0.3 is 17.9 Å². The molecule has 0 saturated carbocycles. The van der Waals surface area contributed by atoms with Crippen molar-refractivity contribution in [3.05, 3.63) is 25.3 Å². The summed E-state index contributed by atoms with van der Waals surface area (Å²) in [5.74, 6) is -0.888. The zero-order valence-corrected chi connectivity index (χ0v) is 23.4. The zero-order chi connectivity index (χ0) is 28.4. The van der Waals surface area contributed by atoms with Gasteiger partial charge in [0.15, 0.2) is 0 Å². The van der Waals surface area contributed by atoms with Crippen molar-refractivity contribution in [1.29, 1.82) is 0 Å². The van der Waals surface area contributed by atoms with Gasteiger partial charge in [-0.05, 0) is 39.0 Å². The molecule has 1 N–H and O–H groups in total. The molecule has 0 spiro atoms. The van der Waals surface area contributed by atoms with E-state index in [0.29, 0.717) is 25.7 Å². The highest BCUT2D eigenvalue weighted by Gasteiger charge is 2.01. The average molecular weight is 493 g/mol. The lowest BCUT2D eigenvalue weighted by molar-refractivity contribution is -0.142. The van der Waals surface area contributed by atoms with Crippen molar-refractivity contribution in [3.8, 4) is 0 Å². The number of hydrogen-bond donors (Lipinski definition) is 1. The third-order valence-corrected chi connectivity index (χ3v) is 2.37. The molecule has 0 radical (unpaired) electrons. The molecule has 0 bridgehead atoms. The second kappa shape index (κ2) is 44.1. The van der Waals surface area contributed by atoms with Crippen LogP contribution in [-0.2, 0) is 33.4 Å². The summed E-state index contributed by atoms with van der Waals surface area (Å²) in [7, 11) is 0. The van der Waals surface area contributed by atoms with E-state index in [0.717, 1.165) is 32.6 Å². The van der Waals surface area contributed by atoms with Crippen molar-refractivity contribution in [3.63, 3.8) is 0 Å². The number of esters is 3. The zero-order valence-electron chi connectivity index (χ0n) is 23.4. The summed E-state index contributed by atoms with van der Waals surface area (Å²) < 4.78 is 13.9. The minimum Gasteiger partial charge on any atom is -0.481 e. The molecule has 0 aliphatic heterocycles. The van der Waals surface area contributed by atoms with Gasteiger partial charge in [-0.15, -0.1) is 13.2 Å².